The van der Waals surface area contributed by atoms with Crippen molar-refractivity contribution in [1.82, 2.24) is 15.1 Å². The smallest absolute Gasteiger partial charge is 0.265 e. The van der Waals surface area contributed by atoms with Crippen molar-refractivity contribution in [2.75, 3.05) is 5.32 Å². The maximum atomic E-state index is 12.5. The number of aryl methyl sites for hydroxylation is 2. The highest BCUT2D eigenvalue weighted by Crippen LogP contribution is 2.28. The highest BCUT2D eigenvalue weighted by atomic mass is 32.1. The Morgan fingerprint density at radius 3 is 2.56 bits per heavy atom. The van der Waals surface area contributed by atoms with Crippen LogP contribution in [0.2, 0.25) is 0 Å². The van der Waals surface area contributed by atoms with Crippen LogP contribution in [0.15, 0.2) is 30.3 Å². The number of nitrogens with zero attached hydrogens (tertiary/aromatic N) is 2. The number of fused-ring (bicyclic) bond motifs is 1. The molecule has 25 heavy (non-hydrogen) atoms. The SMILES string of the molecule is Cc1nn(C)c2sc(C(=O)Nc3ccc(C(=O)NC4CC4)cc3)cc12. The van der Waals surface area contributed by atoms with E-state index in [9.17, 15) is 9.59 Å². The van der Waals surface area contributed by atoms with Gasteiger partial charge in [0, 0.05) is 29.7 Å². The average Bonchev–Trinajstić information content (AvgIpc) is 3.20. The summed E-state index contributed by atoms with van der Waals surface area (Å²) >= 11 is 1.42. The van der Waals surface area contributed by atoms with Crippen molar-refractivity contribution >= 4 is 39.1 Å². The van der Waals surface area contributed by atoms with E-state index < -0.39 is 0 Å². The maximum Gasteiger partial charge on any atom is 0.265 e. The van der Waals surface area contributed by atoms with E-state index in [1.54, 1.807) is 28.9 Å². The Hall–Kier alpha value is -2.67. The van der Waals surface area contributed by atoms with Crippen LogP contribution in [0.25, 0.3) is 10.2 Å². The van der Waals surface area contributed by atoms with Crippen molar-refractivity contribution < 1.29 is 9.59 Å². The van der Waals surface area contributed by atoms with Gasteiger partial charge in [0.25, 0.3) is 11.8 Å². The molecule has 0 unspecified atom stereocenters. The van der Waals surface area contributed by atoms with Crippen LogP contribution in [-0.2, 0) is 7.05 Å². The molecule has 1 saturated carbocycles. The van der Waals surface area contributed by atoms with Gasteiger partial charge in [-0.3, -0.25) is 14.3 Å². The zero-order chi connectivity index (χ0) is 17.6. The molecule has 2 heterocycles. The average molecular weight is 354 g/mol. The number of carbonyl (C=O) groups is 2. The second-order valence-electron chi connectivity index (χ2n) is 6.32. The number of nitrogens with one attached hydrogen (secondary N) is 2. The Morgan fingerprint density at radius 2 is 1.92 bits per heavy atom. The molecule has 4 rings (SSSR count). The van der Waals surface area contributed by atoms with Crippen LogP contribution in [0.3, 0.4) is 0 Å². The third-order valence-electron chi connectivity index (χ3n) is 4.24. The summed E-state index contributed by atoms with van der Waals surface area (Å²) < 4.78 is 1.79. The lowest BCUT2D eigenvalue weighted by Gasteiger charge is -2.06. The minimum atomic E-state index is -0.157. The van der Waals surface area contributed by atoms with E-state index in [0.29, 0.717) is 22.2 Å². The van der Waals surface area contributed by atoms with E-state index >= 15 is 0 Å². The molecule has 2 N–H and O–H groups in total. The number of anilines is 1. The fourth-order valence-electron chi connectivity index (χ4n) is 2.71. The van der Waals surface area contributed by atoms with E-state index in [1.165, 1.54) is 11.3 Å². The van der Waals surface area contributed by atoms with Crippen LogP contribution in [-0.4, -0.2) is 27.6 Å². The van der Waals surface area contributed by atoms with Gasteiger partial charge in [0.05, 0.1) is 10.6 Å². The molecule has 1 fully saturated rings. The monoisotopic (exact) mass is 354 g/mol. The van der Waals surface area contributed by atoms with E-state index in [2.05, 4.69) is 15.7 Å². The molecule has 1 aliphatic rings. The molecule has 0 radical (unpaired) electrons. The number of hydrogen-bond acceptors (Lipinski definition) is 4. The standard InChI is InChI=1S/C18H18N4O2S/c1-10-14-9-15(25-18(14)22(2)21-10)17(24)20-12-5-3-11(4-6-12)16(23)19-13-7-8-13/h3-6,9,13H,7-8H2,1-2H3,(H,19,23)(H,20,24). The van der Waals surface area contributed by atoms with Crippen molar-refractivity contribution in [2.24, 2.45) is 7.05 Å². The first kappa shape index (κ1) is 15.8. The maximum absolute atomic E-state index is 12.5. The minimum absolute atomic E-state index is 0.0622. The Morgan fingerprint density at radius 1 is 1.20 bits per heavy atom. The second kappa shape index (κ2) is 6.00. The van der Waals surface area contributed by atoms with Gasteiger partial charge in [-0.2, -0.15) is 5.10 Å². The molecular formula is C18H18N4O2S. The second-order valence-corrected chi connectivity index (χ2v) is 7.35. The molecule has 128 valence electrons. The molecular weight excluding hydrogens is 336 g/mol. The summed E-state index contributed by atoms with van der Waals surface area (Å²) in [6, 6.07) is 9.16. The lowest BCUT2D eigenvalue weighted by Crippen LogP contribution is -2.25. The molecule has 0 bridgehead atoms. The summed E-state index contributed by atoms with van der Waals surface area (Å²) in [5.74, 6) is -0.219. The predicted octanol–water partition coefficient (Wildman–Crippen LogP) is 3.09. The Labute approximate surface area is 148 Å². The predicted molar refractivity (Wildman–Crippen MR) is 98.2 cm³/mol. The van der Waals surface area contributed by atoms with Crippen LogP contribution in [0, 0.1) is 6.92 Å². The van der Waals surface area contributed by atoms with Crippen molar-refractivity contribution in [1.29, 1.82) is 0 Å². The van der Waals surface area contributed by atoms with Crippen molar-refractivity contribution in [3.8, 4) is 0 Å². The highest BCUT2D eigenvalue weighted by molar-refractivity contribution is 7.20. The molecule has 0 atom stereocenters. The lowest BCUT2D eigenvalue weighted by molar-refractivity contribution is 0.0950. The Kier molecular flexibility index (Phi) is 3.80. The van der Waals surface area contributed by atoms with E-state index in [-0.39, 0.29) is 11.8 Å². The first-order valence-electron chi connectivity index (χ1n) is 8.16. The zero-order valence-electron chi connectivity index (χ0n) is 14.0. The normalized spacial score (nSPS) is 13.8. The van der Waals surface area contributed by atoms with Crippen LogP contribution >= 0.6 is 11.3 Å². The first-order valence-corrected chi connectivity index (χ1v) is 8.98. The molecule has 1 aromatic carbocycles. The number of benzene rings is 1. The van der Waals surface area contributed by atoms with Gasteiger partial charge in [0.1, 0.15) is 4.83 Å². The van der Waals surface area contributed by atoms with Crippen molar-refractivity contribution in [2.45, 2.75) is 25.8 Å². The van der Waals surface area contributed by atoms with Crippen molar-refractivity contribution in [3.05, 3.63) is 46.5 Å². The van der Waals surface area contributed by atoms with E-state index in [1.807, 2.05) is 20.0 Å². The largest absolute Gasteiger partial charge is 0.349 e. The Bertz CT molecular complexity index is 933. The number of carbonyl (C=O) groups excluding carboxylic acids is 2. The number of amides is 2. The van der Waals surface area contributed by atoms with Crippen LogP contribution in [0.1, 0.15) is 38.6 Å². The molecule has 7 heteroatoms. The summed E-state index contributed by atoms with van der Waals surface area (Å²) in [6.07, 6.45) is 2.12. The molecule has 2 aromatic heterocycles. The quantitative estimate of drug-likeness (QED) is 0.756. The van der Waals surface area contributed by atoms with Gasteiger partial charge in [-0.1, -0.05) is 0 Å². The number of thiophene rings is 1. The molecule has 0 aliphatic heterocycles. The lowest BCUT2D eigenvalue weighted by atomic mass is 10.2. The summed E-state index contributed by atoms with van der Waals surface area (Å²) in [7, 11) is 1.87. The topological polar surface area (TPSA) is 76.0 Å². The number of aromatic nitrogens is 2. The fraction of sp³-hybridized carbons (Fsp3) is 0.278. The molecule has 2 amide bonds. The fourth-order valence-corrected chi connectivity index (χ4v) is 3.73. The summed E-state index contributed by atoms with van der Waals surface area (Å²) in [5, 5.41) is 11.2. The van der Waals surface area contributed by atoms with E-state index in [4.69, 9.17) is 0 Å². The molecule has 1 aliphatic carbocycles. The van der Waals surface area contributed by atoms with Crippen LogP contribution in [0.4, 0.5) is 5.69 Å². The molecule has 3 aromatic rings. The van der Waals surface area contributed by atoms with Crippen molar-refractivity contribution in [3.63, 3.8) is 0 Å². The summed E-state index contributed by atoms with van der Waals surface area (Å²) in [6.45, 7) is 1.93. The highest BCUT2D eigenvalue weighted by Gasteiger charge is 2.23. The molecule has 0 saturated heterocycles. The van der Waals surface area contributed by atoms with Crippen LogP contribution < -0.4 is 10.6 Å². The number of rotatable bonds is 4. The van der Waals surface area contributed by atoms with Gasteiger partial charge < -0.3 is 10.6 Å². The summed E-state index contributed by atoms with van der Waals surface area (Å²) in [4.78, 5) is 26.1. The first-order chi connectivity index (χ1) is 12.0. The van der Waals surface area contributed by atoms with Gasteiger partial charge in [-0.05, 0) is 50.1 Å². The summed E-state index contributed by atoms with van der Waals surface area (Å²) in [5.41, 5.74) is 2.19. The molecule has 0 spiro atoms. The van der Waals surface area contributed by atoms with E-state index in [0.717, 1.165) is 28.8 Å². The van der Waals surface area contributed by atoms with Gasteiger partial charge in [0.2, 0.25) is 0 Å². The Balaban J connectivity index is 1.47. The van der Waals surface area contributed by atoms with Gasteiger partial charge in [0.15, 0.2) is 0 Å². The van der Waals surface area contributed by atoms with Gasteiger partial charge >= 0.3 is 0 Å². The third kappa shape index (κ3) is 3.15. The van der Waals surface area contributed by atoms with Crippen LogP contribution in [0.5, 0.6) is 0 Å². The zero-order valence-corrected chi connectivity index (χ0v) is 14.8. The third-order valence-corrected chi connectivity index (χ3v) is 5.44. The number of hydrogen-bond donors (Lipinski definition) is 2. The van der Waals surface area contributed by atoms with Gasteiger partial charge in [-0.15, -0.1) is 11.3 Å². The molecule has 6 nitrogen and oxygen atoms in total. The minimum Gasteiger partial charge on any atom is -0.349 e. The van der Waals surface area contributed by atoms with Gasteiger partial charge in [-0.25, -0.2) is 0 Å².